The Balaban J connectivity index is 1.96. The normalized spacial score (nSPS) is 10.0. The lowest BCUT2D eigenvalue weighted by Crippen LogP contribution is -2.34. The van der Waals surface area contributed by atoms with Gasteiger partial charge >= 0.3 is 0 Å². The Morgan fingerprint density at radius 3 is 2.62 bits per heavy atom. The maximum Gasteiger partial charge on any atom is 0.254 e. The second kappa shape index (κ2) is 6.99. The van der Waals surface area contributed by atoms with E-state index >= 15 is 0 Å². The monoisotopic (exact) mass is 347 g/mol. The third-order valence-corrected chi connectivity index (χ3v) is 3.19. The Labute approximate surface area is 131 Å². The molecule has 0 aliphatic carbocycles. The van der Waals surface area contributed by atoms with E-state index in [1.54, 1.807) is 31.3 Å². The molecule has 0 bridgehead atoms. The average Bonchev–Trinajstić information content (AvgIpc) is 2.47. The molecule has 1 N–H and O–H groups in total. The van der Waals surface area contributed by atoms with Gasteiger partial charge in [0.15, 0.2) is 0 Å². The van der Waals surface area contributed by atoms with Crippen LogP contribution in [-0.2, 0) is 4.79 Å². The topological polar surface area (TPSA) is 62.3 Å². The van der Waals surface area contributed by atoms with Crippen molar-refractivity contribution in [2.24, 2.45) is 0 Å². The van der Waals surface area contributed by atoms with Gasteiger partial charge in [0.2, 0.25) is 5.91 Å². The van der Waals surface area contributed by atoms with Crippen molar-refractivity contribution in [3.05, 3.63) is 58.8 Å². The van der Waals surface area contributed by atoms with Gasteiger partial charge in [-0.25, -0.2) is 4.98 Å². The van der Waals surface area contributed by atoms with Crippen LogP contribution in [0, 0.1) is 0 Å². The SMILES string of the molecule is CN(CC(=O)Nc1ccccc1)C(=O)c1ccnc(Br)c1. The van der Waals surface area contributed by atoms with Crippen molar-refractivity contribution in [2.75, 3.05) is 18.9 Å². The minimum absolute atomic E-state index is 0.0202. The fourth-order valence-corrected chi connectivity index (χ4v) is 2.13. The van der Waals surface area contributed by atoms with Gasteiger partial charge in [-0.15, -0.1) is 0 Å². The molecule has 0 aliphatic rings. The summed E-state index contributed by atoms with van der Waals surface area (Å²) >= 11 is 3.21. The molecule has 1 aromatic carbocycles. The van der Waals surface area contributed by atoms with Crippen molar-refractivity contribution in [3.63, 3.8) is 0 Å². The molecule has 21 heavy (non-hydrogen) atoms. The molecule has 0 saturated carbocycles. The Morgan fingerprint density at radius 1 is 1.24 bits per heavy atom. The molecule has 108 valence electrons. The molecule has 5 nitrogen and oxygen atoms in total. The molecule has 0 aliphatic heterocycles. The average molecular weight is 348 g/mol. The van der Waals surface area contributed by atoms with E-state index in [4.69, 9.17) is 0 Å². The van der Waals surface area contributed by atoms with E-state index in [1.165, 1.54) is 11.1 Å². The fraction of sp³-hybridized carbons (Fsp3) is 0.133. The van der Waals surface area contributed by atoms with Gasteiger partial charge in [0.25, 0.3) is 5.91 Å². The Morgan fingerprint density at radius 2 is 1.95 bits per heavy atom. The number of halogens is 1. The van der Waals surface area contributed by atoms with E-state index < -0.39 is 0 Å². The number of rotatable bonds is 4. The lowest BCUT2D eigenvalue weighted by molar-refractivity contribution is -0.116. The van der Waals surface area contributed by atoms with Gasteiger partial charge in [-0.1, -0.05) is 18.2 Å². The number of nitrogens with zero attached hydrogens (tertiary/aromatic N) is 2. The van der Waals surface area contributed by atoms with Crippen LogP contribution in [0.3, 0.4) is 0 Å². The lowest BCUT2D eigenvalue weighted by atomic mass is 10.2. The van der Waals surface area contributed by atoms with E-state index in [9.17, 15) is 9.59 Å². The van der Waals surface area contributed by atoms with Gasteiger partial charge in [0.1, 0.15) is 4.60 Å². The van der Waals surface area contributed by atoms with Crippen LogP contribution in [0.25, 0.3) is 0 Å². The second-order valence-electron chi connectivity index (χ2n) is 4.44. The smallest absolute Gasteiger partial charge is 0.254 e. The maximum absolute atomic E-state index is 12.2. The third kappa shape index (κ3) is 4.39. The molecular formula is C15H14BrN3O2. The number of likely N-dealkylation sites (N-methyl/N-ethyl adjacent to an activating group) is 1. The number of benzene rings is 1. The largest absolute Gasteiger partial charge is 0.332 e. The zero-order valence-electron chi connectivity index (χ0n) is 11.4. The summed E-state index contributed by atoms with van der Waals surface area (Å²) in [4.78, 5) is 29.4. The quantitative estimate of drug-likeness (QED) is 0.864. The number of nitrogens with one attached hydrogen (secondary N) is 1. The number of hydrogen-bond donors (Lipinski definition) is 1. The fourth-order valence-electron chi connectivity index (χ4n) is 1.77. The maximum atomic E-state index is 12.2. The lowest BCUT2D eigenvalue weighted by Gasteiger charge is -2.17. The molecule has 0 spiro atoms. The number of para-hydroxylation sites is 1. The van der Waals surface area contributed by atoms with E-state index in [0.29, 0.717) is 15.9 Å². The number of amides is 2. The minimum Gasteiger partial charge on any atom is -0.332 e. The molecule has 6 heteroatoms. The molecule has 0 radical (unpaired) electrons. The molecule has 1 aromatic heterocycles. The number of hydrogen-bond acceptors (Lipinski definition) is 3. The van der Waals surface area contributed by atoms with Crippen molar-refractivity contribution < 1.29 is 9.59 Å². The zero-order chi connectivity index (χ0) is 15.2. The molecule has 2 amide bonds. The Hall–Kier alpha value is -2.21. The van der Waals surface area contributed by atoms with Crippen LogP contribution in [0.4, 0.5) is 5.69 Å². The molecule has 2 rings (SSSR count). The van der Waals surface area contributed by atoms with Crippen molar-refractivity contribution in [3.8, 4) is 0 Å². The summed E-state index contributed by atoms with van der Waals surface area (Å²) in [5, 5.41) is 2.74. The summed E-state index contributed by atoms with van der Waals surface area (Å²) in [6.45, 7) is -0.0202. The highest BCUT2D eigenvalue weighted by molar-refractivity contribution is 9.10. The van der Waals surface area contributed by atoms with Gasteiger partial charge < -0.3 is 10.2 Å². The standard InChI is InChI=1S/C15H14BrN3O2/c1-19(15(21)11-7-8-17-13(16)9-11)10-14(20)18-12-5-3-2-4-6-12/h2-9H,10H2,1H3,(H,18,20). The van der Waals surface area contributed by atoms with Crippen molar-refractivity contribution >= 4 is 33.4 Å². The van der Waals surface area contributed by atoms with Crippen LogP contribution in [0.15, 0.2) is 53.3 Å². The van der Waals surface area contributed by atoms with Crippen LogP contribution in [0.2, 0.25) is 0 Å². The van der Waals surface area contributed by atoms with Crippen molar-refractivity contribution in [1.29, 1.82) is 0 Å². The molecule has 0 atom stereocenters. The first-order valence-corrected chi connectivity index (χ1v) is 7.07. The van der Waals surface area contributed by atoms with Gasteiger partial charge in [0, 0.05) is 24.5 Å². The predicted octanol–water partition coefficient (Wildman–Crippen LogP) is 2.55. The van der Waals surface area contributed by atoms with Gasteiger partial charge in [-0.05, 0) is 40.2 Å². The zero-order valence-corrected chi connectivity index (χ0v) is 13.0. The number of pyridine rings is 1. The van der Waals surface area contributed by atoms with E-state index in [1.807, 2.05) is 18.2 Å². The van der Waals surface area contributed by atoms with Gasteiger partial charge in [-0.3, -0.25) is 9.59 Å². The highest BCUT2D eigenvalue weighted by atomic mass is 79.9. The molecule has 0 saturated heterocycles. The molecule has 1 heterocycles. The van der Waals surface area contributed by atoms with Crippen LogP contribution >= 0.6 is 15.9 Å². The van der Waals surface area contributed by atoms with Crippen molar-refractivity contribution in [2.45, 2.75) is 0 Å². The van der Waals surface area contributed by atoms with E-state index in [0.717, 1.165) is 0 Å². The number of aromatic nitrogens is 1. The third-order valence-electron chi connectivity index (χ3n) is 2.76. The summed E-state index contributed by atoms with van der Waals surface area (Å²) < 4.78 is 0.579. The van der Waals surface area contributed by atoms with Crippen LogP contribution in [0.1, 0.15) is 10.4 Å². The Kier molecular flexibility index (Phi) is 5.05. The minimum atomic E-state index is -0.245. The van der Waals surface area contributed by atoms with Crippen LogP contribution in [0.5, 0.6) is 0 Å². The van der Waals surface area contributed by atoms with Gasteiger partial charge in [-0.2, -0.15) is 0 Å². The van der Waals surface area contributed by atoms with E-state index in [2.05, 4.69) is 26.2 Å². The van der Waals surface area contributed by atoms with Gasteiger partial charge in [0.05, 0.1) is 6.54 Å². The first kappa shape index (κ1) is 15.2. The number of carbonyl (C=O) groups excluding carboxylic acids is 2. The van der Waals surface area contributed by atoms with Crippen LogP contribution < -0.4 is 5.32 Å². The molecule has 2 aromatic rings. The highest BCUT2D eigenvalue weighted by Crippen LogP contribution is 2.10. The van der Waals surface area contributed by atoms with E-state index in [-0.39, 0.29) is 18.4 Å². The summed E-state index contributed by atoms with van der Waals surface area (Å²) in [5.74, 6) is -0.480. The van der Waals surface area contributed by atoms with Crippen LogP contribution in [-0.4, -0.2) is 35.3 Å². The molecule has 0 fully saturated rings. The number of anilines is 1. The second-order valence-corrected chi connectivity index (χ2v) is 5.26. The highest BCUT2D eigenvalue weighted by Gasteiger charge is 2.15. The predicted molar refractivity (Wildman–Crippen MR) is 84.0 cm³/mol. The summed E-state index contributed by atoms with van der Waals surface area (Å²) in [6.07, 6.45) is 1.54. The molecular weight excluding hydrogens is 334 g/mol. The summed E-state index contributed by atoms with van der Waals surface area (Å²) in [5.41, 5.74) is 1.18. The Bertz CT molecular complexity index is 646. The number of carbonyl (C=O) groups is 2. The summed E-state index contributed by atoms with van der Waals surface area (Å²) in [7, 11) is 1.58. The first-order chi connectivity index (χ1) is 10.1. The summed E-state index contributed by atoms with van der Waals surface area (Å²) in [6, 6.07) is 12.3. The first-order valence-electron chi connectivity index (χ1n) is 6.28. The van der Waals surface area contributed by atoms with Crippen molar-refractivity contribution in [1.82, 2.24) is 9.88 Å². The molecule has 0 unspecified atom stereocenters.